The van der Waals surface area contributed by atoms with Gasteiger partial charge in [0.25, 0.3) is 0 Å². The van der Waals surface area contributed by atoms with E-state index in [1.807, 2.05) is 0 Å². The van der Waals surface area contributed by atoms with Crippen molar-refractivity contribution in [1.82, 2.24) is 0 Å². The molecule has 1 nitrogen and oxygen atoms in total. The lowest BCUT2D eigenvalue weighted by molar-refractivity contribution is 0.728. The largest absolute Gasteiger partial charge is 0.198 e. The molecule has 0 aliphatic rings. The summed E-state index contributed by atoms with van der Waals surface area (Å²) in [6.07, 6.45) is 11.0. The first-order chi connectivity index (χ1) is 5.41. The van der Waals surface area contributed by atoms with E-state index in [2.05, 4.69) is 25.1 Å². The Morgan fingerprint density at radius 2 is 1.91 bits per heavy atom. The van der Waals surface area contributed by atoms with Gasteiger partial charge in [0, 0.05) is 6.42 Å². The van der Waals surface area contributed by atoms with E-state index in [-0.39, 0.29) is 0 Å². The van der Waals surface area contributed by atoms with Crippen LogP contribution in [0.25, 0.3) is 0 Å². The van der Waals surface area contributed by atoms with Gasteiger partial charge in [0.15, 0.2) is 0 Å². The van der Waals surface area contributed by atoms with Gasteiger partial charge in [-0.25, -0.2) is 0 Å². The Balaban J connectivity index is 2.98. The first-order valence-electron chi connectivity index (χ1n) is 4.43. The second kappa shape index (κ2) is 9.23. The van der Waals surface area contributed by atoms with Crippen LogP contribution in [0.2, 0.25) is 0 Å². The number of allylic oxidation sites excluding steroid dienone is 2. The highest BCUT2D eigenvalue weighted by Crippen LogP contribution is 2.00. The van der Waals surface area contributed by atoms with Crippen LogP contribution in [0.4, 0.5) is 0 Å². The maximum atomic E-state index is 8.22. The van der Waals surface area contributed by atoms with Crippen molar-refractivity contribution in [3.63, 3.8) is 0 Å². The minimum Gasteiger partial charge on any atom is -0.198 e. The van der Waals surface area contributed by atoms with E-state index >= 15 is 0 Å². The first-order valence-corrected chi connectivity index (χ1v) is 4.43. The lowest BCUT2D eigenvalue weighted by Crippen LogP contribution is -1.71. The Hall–Kier alpha value is -0.770. The van der Waals surface area contributed by atoms with Crippen LogP contribution in [0, 0.1) is 11.3 Å². The fourth-order valence-electron chi connectivity index (χ4n) is 0.896. The van der Waals surface area contributed by atoms with Crippen LogP contribution >= 0.6 is 0 Å². The maximum absolute atomic E-state index is 8.22. The molecule has 0 bridgehead atoms. The maximum Gasteiger partial charge on any atom is 0.0624 e. The third kappa shape index (κ3) is 9.23. The van der Waals surface area contributed by atoms with Crippen molar-refractivity contribution in [1.29, 1.82) is 5.26 Å². The molecule has 11 heavy (non-hydrogen) atoms. The molecule has 0 heterocycles. The lowest BCUT2D eigenvalue weighted by Gasteiger charge is -1.90. The van der Waals surface area contributed by atoms with Crippen molar-refractivity contribution in [3.8, 4) is 6.07 Å². The van der Waals surface area contributed by atoms with Crippen LogP contribution in [0.5, 0.6) is 0 Å². The highest BCUT2D eigenvalue weighted by atomic mass is 14.2. The quantitative estimate of drug-likeness (QED) is 0.421. The van der Waals surface area contributed by atoms with Gasteiger partial charge in [-0.15, -0.1) is 0 Å². The number of nitrogens with zero attached hydrogens (tertiary/aromatic N) is 1. The Kier molecular flexibility index (Phi) is 8.58. The number of nitriles is 1. The molecule has 0 rings (SSSR count). The highest BCUT2D eigenvalue weighted by molar-refractivity contribution is 4.85. The van der Waals surface area contributed by atoms with Gasteiger partial charge in [-0.2, -0.15) is 5.26 Å². The summed E-state index contributed by atoms with van der Waals surface area (Å²) in [5.41, 5.74) is 0. The normalized spacial score (nSPS) is 10.2. The van der Waals surface area contributed by atoms with Crippen molar-refractivity contribution in [2.45, 2.75) is 45.4 Å². The zero-order valence-electron chi connectivity index (χ0n) is 7.34. The summed E-state index contributed by atoms with van der Waals surface area (Å²) in [7, 11) is 0. The lowest BCUT2D eigenvalue weighted by atomic mass is 10.2. The minimum absolute atomic E-state index is 0.657. The van der Waals surface area contributed by atoms with Gasteiger partial charge in [-0.05, 0) is 19.3 Å². The fraction of sp³-hybridized carbons (Fsp3) is 0.700. The molecular weight excluding hydrogens is 134 g/mol. The smallest absolute Gasteiger partial charge is 0.0624 e. The van der Waals surface area contributed by atoms with Crippen molar-refractivity contribution < 1.29 is 0 Å². The summed E-state index contributed by atoms with van der Waals surface area (Å²) >= 11 is 0. The third-order valence-electron chi connectivity index (χ3n) is 1.56. The van der Waals surface area contributed by atoms with Crippen molar-refractivity contribution in [3.05, 3.63) is 12.2 Å². The molecule has 0 spiro atoms. The van der Waals surface area contributed by atoms with Crippen LogP contribution in [-0.2, 0) is 0 Å². The van der Waals surface area contributed by atoms with Gasteiger partial charge in [-0.1, -0.05) is 31.9 Å². The van der Waals surface area contributed by atoms with E-state index in [0.29, 0.717) is 6.42 Å². The number of rotatable bonds is 6. The van der Waals surface area contributed by atoms with E-state index in [0.717, 1.165) is 6.42 Å². The summed E-state index contributed by atoms with van der Waals surface area (Å²) in [6.45, 7) is 2.21. The van der Waals surface area contributed by atoms with Crippen molar-refractivity contribution >= 4 is 0 Å². The SMILES string of the molecule is CCCCCC=CCCC#N. The second-order valence-electron chi connectivity index (χ2n) is 2.66. The topological polar surface area (TPSA) is 23.8 Å². The first kappa shape index (κ1) is 10.2. The molecule has 0 saturated heterocycles. The molecule has 0 saturated carbocycles. The average Bonchev–Trinajstić information content (AvgIpc) is 2.03. The molecule has 0 aliphatic carbocycles. The molecule has 0 aliphatic heterocycles. The third-order valence-corrected chi connectivity index (χ3v) is 1.56. The van der Waals surface area contributed by atoms with Crippen LogP contribution in [0.15, 0.2) is 12.2 Å². The molecule has 0 N–H and O–H groups in total. The summed E-state index contributed by atoms with van der Waals surface area (Å²) in [4.78, 5) is 0. The van der Waals surface area contributed by atoms with Gasteiger partial charge in [-0.3, -0.25) is 0 Å². The van der Waals surface area contributed by atoms with Crippen LogP contribution in [0.1, 0.15) is 45.4 Å². The number of hydrogen-bond acceptors (Lipinski definition) is 1. The summed E-state index contributed by atoms with van der Waals surface area (Å²) in [6, 6.07) is 2.12. The van der Waals surface area contributed by atoms with Crippen LogP contribution < -0.4 is 0 Å². The molecule has 0 aromatic heterocycles. The van der Waals surface area contributed by atoms with Gasteiger partial charge < -0.3 is 0 Å². The molecule has 0 aromatic rings. The molecule has 0 unspecified atom stereocenters. The van der Waals surface area contributed by atoms with Gasteiger partial charge in [0.1, 0.15) is 0 Å². The predicted octanol–water partition coefficient (Wildman–Crippen LogP) is 3.43. The Morgan fingerprint density at radius 1 is 1.18 bits per heavy atom. The van der Waals surface area contributed by atoms with E-state index in [1.54, 1.807) is 0 Å². The van der Waals surface area contributed by atoms with E-state index in [4.69, 9.17) is 5.26 Å². The molecule has 0 atom stereocenters. The van der Waals surface area contributed by atoms with Gasteiger partial charge in [0.2, 0.25) is 0 Å². The number of hydrogen-bond donors (Lipinski definition) is 0. The molecule has 0 radical (unpaired) electrons. The monoisotopic (exact) mass is 151 g/mol. The Morgan fingerprint density at radius 3 is 2.55 bits per heavy atom. The summed E-state index contributed by atoms with van der Waals surface area (Å²) in [5.74, 6) is 0. The van der Waals surface area contributed by atoms with E-state index in [9.17, 15) is 0 Å². The molecule has 0 aromatic carbocycles. The standard InChI is InChI=1S/C10H17N/c1-2-3-4-5-6-7-8-9-10-11/h6-7H,2-5,8-9H2,1H3. The predicted molar refractivity (Wildman–Crippen MR) is 48.1 cm³/mol. The fourth-order valence-corrected chi connectivity index (χ4v) is 0.896. The van der Waals surface area contributed by atoms with Gasteiger partial charge in [0.05, 0.1) is 6.07 Å². The van der Waals surface area contributed by atoms with E-state index < -0.39 is 0 Å². The van der Waals surface area contributed by atoms with Crippen LogP contribution in [-0.4, -0.2) is 0 Å². The van der Waals surface area contributed by atoms with Crippen molar-refractivity contribution in [2.24, 2.45) is 0 Å². The van der Waals surface area contributed by atoms with E-state index in [1.165, 1.54) is 25.7 Å². The molecule has 0 fully saturated rings. The van der Waals surface area contributed by atoms with Crippen LogP contribution in [0.3, 0.4) is 0 Å². The summed E-state index contributed by atoms with van der Waals surface area (Å²) < 4.78 is 0. The molecule has 0 amide bonds. The molecule has 1 heteroatoms. The number of unbranched alkanes of at least 4 members (excludes halogenated alkanes) is 4. The van der Waals surface area contributed by atoms with Crippen molar-refractivity contribution in [2.75, 3.05) is 0 Å². The zero-order chi connectivity index (χ0) is 8.36. The Bertz CT molecular complexity index is 130. The molecule has 62 valence electrons. The zero-order valence-corrected chi connectivity index (χ0v) is 7.34. The minimum atomic E-state index is 0.657. The summed E-state index contributed by atoms with van der Waals surface area (Å²) in [5, 5.41) is 8.22. The Labute approximate surface area is 69.7 Å². The van der Waals surface area contributed by atoms with Gasteiger partial charge >= 0.3 is 0 Å². The second-order valence-corrected chi connectivity index (χ2v) is 2.66. The highest BCUT2D eigenvalue weighted by Gasteiger charge is 1.81. The average molecular weight is 151 g/mol. The molecular formula is C10H17N.